The van der Waals surface area contributed by atoms with Crippen molar-refractivity contribution >= 4 is 0 Å². The molecule has 0 aromatic heterocycles. The van der Waals surface area contributed by atoms with Gasteiger partial charge >= 0.3 is 0 Å². The molecular formula is C5H11N2+. The minimum Gasteiger partial charge on any atom is -0.244 e. The molecule has 0 saturated carbocycles. The van der Waals surface area contributed by atoms with Crippen LogP contribution in [0.25, 0.3) is 0 Å². The van der Waals surface area contributed by atoms with Gasteiger partial charge in [0, 0.05) is 0 Å². The van der Waals surface area contributed by atoms with Gasteiger partial charge in [0.25, 0.3) is 0 Å². The van der Waals surface area contributed by atoms with Crippen LogP contribution in [0.5, 0.6) is 0 Å². The van der Waals surface area contributed by atoms with Crippen LogP contribution in [0.1, 0.15) is 0 Å². The van der Waals surface area contributed by atoms with E-state index < -0.39 is 0 Å². The summed E-state index contributed by atoms with van der Waals surface area (Å²) >= 11 is 0. The van der Waals surface area contributed by atoms with Gasteiger partial charge in [-0.2, -0.15) is 0 Å². The Labute approximate surface area is 44.0 Å². The number of rotatable bonds is 0. The maximum Gasteiger partial charge on any atom is 0.121 e. The summed E-state index contributed by atoms with van der Waals surface area (Å²) in [6.07, 6.45) is 4.11. The van der Waals surface area contributed by atoms with Crippen LogP contribution < -0.4 is 5.43 Å². The van der Waals surface area contributed by atoms with E-state index in [1.807, 2.05) is 6.20 Å². The third-order valence-corrected chi connectivity index (χ3v) is 1.10. The highest BCUT2D eigenvalue weighted by Gasteiger charge is 2.13. The Kier molecular flexibility index (Phi) is 0.820. The Hall–Kier alpha value is -0.500. The SMILES string of the molecule is C[N+]1(C)CC=CN1. The van der Waals surface area contributed by atoms with Gasteiger partial charge in [-0.15, -0.1) is 0 Å². The van der Waals surface area contributed by atoms with Crippen molar-refractivity contribution in [2.75, 3.05) is 20.6 Å². The molecule has 1 aliphatic rings. The van der Waals surface area contributed by atoms with E-state index in [-0.39, 0.29) is 0 Å². The molecule has 2 heteroatoms. The maximum atomic E-state index is 3.15. The van der Waals surface area contributed by atoms with Gasteiger partial charge in [0.2, 0.25) is 0 Å². The van der Waals surface area contributed by atoms with E-state index in [4.69, 9.17) is 0 Å². The average molecular weight is 99.2 g/mol. The summed E-state index contributed by atoms with van der Waals surface area (Å²) in [6.45, 7) is 1.10. The molecule has 1 heterocycles. The van der Waals surface area contributed by atoms with Crippen LogP contribution in [-0.4, -0.2) is 25.2 Å². The molecule has 1 N–H and O–H groups in total. The largest absolute Gasteiger partial charge is 0.244 e. The Morgan fingerprint density at radius 3 is 2.43 bits per heavy atom. The number of hydrogen-bond donors (Lipinski definition) is 1. The smallest absolute Gasteiger partial charge is 0.121 e. The predicted molar refractivity (Wildman–Crippen MR) is 29.3 cm³/mol. The van der Waals surface area contributed by atoms with Crippen LogP contribution in [0.2, 0.25) is 0 Å². The zero-order valence-corrected chi connectivity index (χ0v) is 4.81. The Bertz CT molecular complexity index is 84.3. The topological polar surface area (TPSA) is 12.0 Å². The van der Waals surface area contributed by atoms with E-state index in [1.165, 1.54) is 0 Å². The summed E-state index contributed by atoms with van der Waals surface area (Å²) < 4.78 is 0.889. The highest BCUT2D eigenvalue weighted by molar-refractivity contribution is 4.80. The van der Waals surface area contributed by atoms with E-state index in [0.29, 0.717) is 0 Å². The molecule has 0 fully saturated rings. The van der Waals surface area contributed by atoms with Gasteiger partial charge in [0.15, 0.2) is 0 Å². The first-order chi connectivity index (χ1) is 3.21. The third-order valence-electron chi connectivity index (χ3n) is 1.10. The Balaban J connectivity index is 2.49. The zero-order valence-electron chi connectivity index (χ0n) is 4.81. The first kappa shape index (κ1) is 4.65. The molecule has 0 amide bonds. The fourth-order valence-corrected chi connectivity index (χ4v) is 0.623. The van der Waals surface area contributed by atoms with Gasteiger partial charge in [0.05, 0.1) is 20.3 Å². The average Bonchev–Trinajstić information content (AvgIpc) is 1.84. The van der Waals surface area contributed by atoms with Crippen LogP contribution in [0, 0.1) is 0 Å². The van der Waals surface area contributed by atoms with Crippen molar-refractivity contribution in [3.63, 3.8) is 0 Å². The van der Waals surface area contributed by atoms with Gasteiger partial charge in [-0.3, -0.25) is 0 Å². The summed E-state index contributed by atoms with van der Waals surface area (Å²) in [5.74, 6) is 0. The van der Waals surface area contributed by atoms with Crippen molar-refractivity contribution in [1.82, 2.24) is 5.43 Å². The van der Waals surface area contributed by atoms with Crippen molar-refractivity contribution in [1.29, 1.82) is 0 Å². The summed E-state index contributed by atoms with van der Waals surface area (Å²) in [4.78, 5) is 0. The first-order valence-corrected chi connectivity index (χ1v) is 2.46. The Morgan fingerprint density at radius 2 is 2.29 bits per heavy atom. The molecule has 0 spiro atoms. The van der Waals surface area contributed by atoms with Gasteiger partial charge in [-0.1, -0.05) is 0 Å². The molecule has 0 saturated heterocycles. The van der Waals surface area contributed by atoms with E-state index >= 15 is 0 Å². The fraction of sp³-hybridized carbons (Fsp3) is 0.600. The summed E-state index contributed by atoms with van der Waals surface area (Å²) in [5.41, 5.74) is 3.15. The second kappa shape index (κ2) is 1.23. The molecule has 0 atom stereocenters. The Morgan fingerprint density at radius 1 is 1.57 bits per heavy atom. The molecule has 40 valence electrons. The maximum absolute atomic E-state index is 3.15. The monoisotopic (exact) mass is 99.1 g/mol. The molecule has 0 aliphatic carbocycles. The highest BCUT2D eigenvalue weighted by atomic mass is 15.6. The van der Waals surface area contributed by atoms with Crippen LogP contribution in [0.3, 0.4) is 0 Å². The number of nitrogens with zero attached hydrogens (tertiary/aromatic N) is 1. The summed E-state index contributed by atoms with van der Waals surface area (Å²) in [5, 5.41) is 0. The second-order valence-electron chi connectivity index (χ2n) is 2.40. The van der Waals surface area contributed by atoms with E-state index in [9.17, 15) is 0 Å². The molecule has 0 aromatic carbocycles. The number of likely N-dealkylation sites (N-methyl/N-ethyl adjacent to an activating group) is 1. The lowest BCUT2D eigenvalue weighted by Gasteiger charge is -2.21. The normalized spacial score (nSPS) is 24.9. The molecule has 7 heavy (non-hydrogen) atoms. The lowest BCUT2D eigenvalue weighted by molar-refractivity contribution is -0.917. The summed E-state index contributed by atoms with van der Waals surface area (Å²) in [7, 11) is 4.25. The van der Waals surface area contributed by atoms with Gasteiger partial charge in [-0.05, 0) is 6.08 Å². The third kappa shape index (κ3) is 0.933. The molecule has 0 unspecified atom stereocenters. The van der Waals surface area contributed by atoms with E-state index in [0.717, 1.165) is 11.1 Å². The molecule has 1 aliphatic heterocycles. The van der Waals surface area contributed by atoms with E-state index in [2.05, 4.69) is 25.6 Å². The minimum atomic E-state index is 0.889. The summed E-state index contributed by atoms with van der Waals surface area (Å²) in [6, 6.07) is 0. The quantitative estimate of drug-likeness (QED) is 0.424. The van der Waals surface area contributed by atoms with Crippen LogP contribution in [0.15, 0.2) is 12.3 Å². The zero-order chi connectivity index (χ0) is 5.33. The predicted octanol–water partition coefficient (Wildman–Crippen LogP) is 0.0947. The van der Waals surface area contributed by atoms with Gasteiger partial charge in [-0.25, -0.2) is 10.0 Å². The lowest BCUT2D eigenvalue weighted by atomic mass is 10.6. The minimum absolute atomic E-state index is 0.889. The number of quaternary nitrogens is 1. The molecule has 0 aromatic rings. The molecule has 2 nitrogen and oxygen atoms in total. The van der Waals surface area contributed by atoms with Crippen LogP contribution >= 0.6 is 0 Å². The molecule has 0 bridgehead atoms. The fourth-order valence-electron chi connectivity index (χ4n) is 0.623. The lowest BCUT2D eigenvalue weighted by Crippen LogP contribution is -2.45. The van der Waals surface area contributed by atoms with Crippen molar-refractivity contribution in [2.24, 2.45) is 0 Å². The molecule has 1 rings (SSSR count). The van der Waals surface area contributed by atoms with Gasteiger partial charge < -0.3 is 0 Å². The molecular weight excluding hydrogens is 88.1 g/mol. The second-order valence-corrected chi connectivity index (χ2v) is 2.40. The van der Waals surface area contributed by atoms with Crippen molar-refractivity contribution in [3.8, 4) is 0 Å². The van der Waals surface area contributed by atoms with Gasteiger partial charge in [0.1, 0.15) is 6.54 Å². The van der Waals surface area contributed by atoms with Crippen LogP contribution in [0.4, 0.5) is 0 Å². The first-order valence-electron chi connectivity index (χ1n) is 2.46. The molecule has 0 radical (unpaired) electrons. The van der Waals surface area contributed by atoms with Crippen molar-refractivity contribution in [2.45, 2.75) is 0 Å². The van der Waals surface area contributed by atoms with Crippen molar-refractivity contribution in [3.05, 3.63) is 12.3 Å². The standard InChI is InChI=1S/C5H11N2/c1-7(2)5-3-4-6-7/h3-4,6H,5H2,1-2H3/q+1. The number of hydrogen-bond acceptors (Lipinski definition) is 1. The van der Waals surface area contributed by atoms with Crippen LogP contribution in [-0.2, 0) is 0 Å². The number of nitrogens with one attached hydrogen (secondary N) is 1. The highest BCUT2D eigenvalue weighted by Crippen LogP contribution is 1.96. The van der Waals surface area contributed by atoms with Crippen molar-refractivity contribution < 1.29 is 4.59 Å². The van der Waals surface area contributed by atoms with E-state index in [1.54, 1.807) is 0 Å².